The lowest BCUT2D eigenvalue weighted by Crippen LogP contribution is -2.24. The summed E-state index contributed by atoms with van der Waals surface area (Å²) in [5.74, 6) is 1.02. The van der Waals surface area contributed by atoms with Crippen molar-refractivity contribution in [3.05, 3.63) is 35.3 Å². The van der Waals surface area contributed by atoms with Gasteiger partial charge in [-0.3, -0.25) is 4.79 Å². The summed E-state index contributed by atoms with van der Waals surface area (Å²) in [6, 6.07) is 5.04. The maximum Gasteiger partial charge on any atom is 0.272 e. The molecule has 0 aromatic carbocycles. The van der Waals surface area contributed by atoms with Gasteiger partial charge in [0.25, 0.3) is 5.91 Å². The van der Waals surface area contributed by atoms with Gasteiger partial charge in [0.15, 0.2) is 5.69 Å². The van der Waals surface area contributed by atoms with Crippen LogP contribution in [-0.2, 0) is 6.54 Å². The van der Waals surface area contributed by atoms with Gasteiger partial charge in [0.05, 0.1) is 6.54 Å². The summed E-state index contributed by atoms with van der Waals surface area (Å²) < 4.78 is 4.90. The van der Waals surface area contributed by atoms with Crippen molar-refractivity contribution in [3.8, 4) is 0 Å². The molecule has 0 aliphatic carbocycles. The molecule has 18 heavy (non-hydrogen) atoms. The smallest absolute Gasteiger partial charge is 0.272 e. The largest absolute Gasteiger partial charge is 0.372 e. The highest BCUT2D eigenvalue weighted by atomic mass is 16.5. The topological polar surface area (TPSA) is 92.9 Å². The molecule has 2 heterocycles. The maximum absolute atomic E-state index is 11.7. The van der Waals surface area contributed by atoms with Crippen LogP contribution in [0.15, 0.2) is 22.7 Å². The zero-order valence-electron chi connectivity index (χ0n) is 10.1. The molecule has 2 aromatic rings. The molecule has 1 amide bonds. The van der Waals surface area contributed by atoms with Crippen LogP contribution in [0.4, 0.5) is 5.82 Å². The van der Waals surface area contributed by atoms with Gasteiger partial charge >= 0.3 is 0 Å². The van der Waals surface area contributed by atoms with Crippen molar-refractivity contribution in [2.45, 2.75) is 13.5 Å². The Labute approximate surface area is 104 Å². The molecule has 7 nitrogen and oxygen atoms in total. The van der Waals surface area contributed by atoms with Crippen LogP contribution in [0.25, 0.3) is 0 Å². The van der Waals surface area contributed by atoms with Gasteiger partial charge in [0.2, 0.25) is 0 Å². The monoisotopic (exact) mass is 247 g/mol. The number of carbonyl (C=O) groups is 1. The molecular weight excluding hydrogens is 234 g/mol. The molecule has 0 aliphatic rings. The highest BCUT2D eigenvalue weighted by molar-refractivity contribution is 5.92. The second-order valence-electron chi connectivity index (χ2n) is 3.67. The van der Waals surface area contributed by atoms with Crippen LogP contribution in [-0.4, -0.2) is 28.3 Å². The molecule has 0 saturated carbocycles. The molecule has 0 saturated heterocycles. The first-order chi connectivity index (χ1) is 8.69. The van der Waals surface area contributed by atoms with Gasteiger partial charge in [-0.15, -0.1) is 10.2 Å². The van der Waals surface area contributed by atoms with E-state index in [-0.39, 0.29) is 11.6 Å². The highest BCUT2D eigenvalue weighted by Crippen LogP contribution is 2.03. The van der Waals surface area contributed by atoms with Crippen LogP contribution >= 0.6 is 0 Å². The van der Waals surface area contributed by atoms with E-state index in [9.17, 15) is 4.79 Å². The number of hydrogen-bond donors (Lipinski definition) is 2. The number of hydrogen-bond acceptors (Lipinski definition) is 6. The summed E-state index contributed by atoms with van der Waals surface area (Å²) in [7, 11) is 1.73. The zero-order valence-corrected chi connectivity index (χ0v) is 10.1. The Bertz CT molecular complexity index is 535. The van der Waals surface area contributed by atoms with Crippen molar-refractivity contribution in [1.82, 2.24) is 20.7 Å². The Morgan fingerprint density at radius 3 is 2.78 bits per heavy atom. The van der Waals surface area contributed by atoms with E-state index in [0.29, 0.717) is 23.8 Å². The lowest BCUT2D eigenvalue weighted by Gasteiger charge is -2.02. The van der Waals surface area contributed by atoms with Crippen molar-refractivity contribution in [1.29, 1.82) is 0 Å². The third-order valence-corrected chi connectivity index (χ3v) is 2.26. The second kappa shape index (κ2) is 5.26. The van der Waals surface area contributed by atoms with E-state index in [4.69, 9.17) is 4.52 Å². The van der Waals surface area contributed by atoms with Gasteiger partial charge in [0, 0.05) is 13.1 Å². The molecule has 94 valence electrons. The predicted octanol–water partition coefficient (Wildman–Crippen LogP) is 0.745. The average Bonchev–Trinajstić information content (AvgIpc) is 2.82. The van der Waals surface area contributed by atoms with Crippen molar-refractivity contribution < 1.29 is 9.32 Å². The molecule has 2 N–H and O–H groups in total. The van der Waals surface area contributed by atoms with Gasteiger partial charge < -0.3 is 15.2 Å². The summed E-state index contributed by atoms with van der Waals surface area (Å²) in [5, 5.41) is 16.9. The van der Waals surface area contributed by atoms with Crippen LogP contribution in [0.2, 0.25) is 0 Å². The molecule has 2 aromatic heterocycles. The third kappa shape index (κ3) is 2.82. The summed E-state index contributed by atoms with van der Waals surface area (Å²) in [6.45, 7) is 2.09. The van der Waals surface area contributed by atoms with E-state index >= 15 is 0 Å². The molecule has 0 spiro atoms. The van der Waals surface area contributed by atoms with Crippen LogP contribution in [0, 0.1) is 6.92 Å². The van der Waals surface area contributed by atoms with E-state index in [1.165, 1.54) is 0 Å². The normalized spacial score (nSPS) is 10.1. The number of aryl methyl sites for hydroxylation is 1. The Kier molecular flexibility index (Phi) is 3.52. The fourth-order valence-electron chi connectivity index (χ4n) is 1.35. The molecular formula is C11H13N5O2. The number of nitrogens with zero attached hydrogens (tertiary/aromatic N) is 3. The standard InChI is InChI=1S/C11H13N5O2/c1-7-5-8(16-18-7)6-13-11(17)9-3-4-10(12-2)15-14-9/h3-5H,6H2,1-2H3,(H,12,15)(H,13,17). The molecule has 0 fully saturated rings. The minimum absolute atomic E-state index is 0.259. The van der Waals surface area contributed by atoms with Crippen LogP contribution in [0.1, 0.15) is 21.9 Å². The highest BCUT2D eigenvalue weighted by Gasteiger charge is 2.09. The molecule has 0 aliphatic heterocycles. The fraction of sp³-hybridized carbons (Fsp3) is 0.273. The van der Waals surface area contributed by atoms with Crippen LogP contribution < -0.4 is 10.6 Å². The van der Waals surface area contributed by atoms with Gasteiger partial charge in [-0.1, -0.05) is 5.16 Å². The Morgan fingerprint density at radius 1 is 1.39 bits per heavy atom. The lowest BCUT2D eigenvalue weighted by molar-refractivity contribution is 0.0944. The maximum atomic E-state index is 11.7. The van der Waals surface area contributed by atoms with Crippen LogP contribution in [0.3, 0.4) is 0 Å². The molecule has 7 heteroatoms. The summed E-state index contributed by atoms with van der Waals surface area (Å²) >= 11 is 0. The molecule has 0 radical (unpaired) electrons. The number of nitrogens with one attached hydrogen (secondary N) is 2. The number of rotatable bonds is 4. The number of carbonyl (C=O) groups excluding carboxylic acids is 1. The fourth-order valence-corrected chi connectivity index (χ4v) is 1.35. The van der Waals surface area contributed by atoms with Crippen molar-refractivity contribution in [3.63, 3.8) is 0 Å². The van der Waals surface area contributed by atoms with Crippen molar-refractivity contribution >= 4 is 11.7 Å². The van der Waals surface area contributed by atoms with Gasteiger partial charge in [0.1, 0.15) is 17.3 Å². The Hall–Kier alpha value is -2.44. The molecule has 0 unspecified atom stereocenters. The van der Waals surface area contributed by atoms with E-state index in [2.05, 4.69) is 26.0 Å². The van der Waals surface area contributed by atoms with Crippen LogP contribution in [0.5, 0.6) is 0 Å². The zero-order chi connectivity index (χ0) is 13.0. The first kappa shape index (κ1) is 12.0. The molecule has 0 atom stereocenters. The number of anilines is 1. The first-order valence-corrected chi connectivity index (χ1v) is 5.41. The second-order valence-corrected chi connectivity index (χ2v) is 3.67. The Morgan fingerprint density at radius 2 is 2.22 bits per heavy atom. The van der Waals surface area contributed by atoms with Gasteiger partial charge in [-0.2, -0.15) is 0 Å². The average molecular weight is 247 g/mol. The van der Waals surface area contributed by atoms with E-state index in [0.717, 1.165) is 0 Å². The molecule has 2 rings (SSSR count). The first-order valence-electron chi connectivity index (χ1n) is 5.41. The van der Waals surface area contributed by atoms with Crippen molar-refractivity contribution in [2.75, 3.05) is 12.4 Å². The van der Waals surface area contributed by atoms with Crippen molar-refractivity contribution in [2.24, 2.45) is 0 Å². The molecule has 0 bridgehead atoms. The van der Waals surface area contributed by atoms with Gasteiger partial charge in [-0.25, -0.2) is 0 Å². The lowest BCUT2D eigenvalue weighted by atomic mass is 10.3. The summed E-state index contributed by atoms with van der Waals surface area (Å²) in [4.78, 5) is 11.7. The third-order valence-electron chi connectivity index (χ3n) is 2.26. The van der Waals surface area contributed by atoms with E-state index < -0.39 is 0 Å². The summed E-state index contributed by atoms with van der Waals surface area (Å²) in [6.07, 6.45) is 0. The Balaban J connectivity index is 1.94. The van der Waals surface area contributed by atoms with E-state index in [1.807, 2.05) is 0 Å². The quantitative estimate of drug-likeness (QED) is 0.828. The minimum atomic E-state index is -0.300. The number of amides is 1. The minimum Gasteiger partial charge on any atom is -0.372 e. The van der Waals surface area contributed by atoms with Gasteiger partial charge in [-0.05, 0) is 19.1 Å². The number of aromatic nitrogens is 3. The predicted molar refractivity (Wildman–Crippen MR) is 64.0 cm³/mol. The van der Waals surface area contributed by atoms with E-state index in [1.54, 1.807) is 32.2 Å². The summed E-state index contributed by atoms with van der Waals surface area (Å²) in [5.41, 5.74) is 0.926. The SMILES string of the molecule is CNc1ccc(C(=O)NCc2cc(C)on2)nn1.